The summed E-state index contributed by atoms with van der Waals surface area (Å²) in [5.74, 6) is -1.14. The minimum Gasteiger partial charge on any atom is -0.463 e. The van der Waals surface area contributed by atoms with Gasteiger partial charge in [-0.3, -0.25) is 28.9 Å². The van der Waals surface area contributed by atoms with Crippen molar-refractivity contribution in [1.29, 1.82) is 0 Å². The number of nitrogens with one attached hydrogen (secondary N) is 3. The van der Waals surface area contributed by atoms with Gasteiger partial charge in [0.2, 0.25) is 0 Å². The number of aliphatic hydroxyl groups excluding tert-OH is 1. The number of carbonyl (C=O) groups is 3. The second kappa shape index (κ2) is 16.3. The summed E-state index contributed by atoms with van der Waals surface area (Å²) in [6.45, 7) is 6.84. The van der Waals surface area contributed by atoms with Crippen LogP contribution in [0.15, 0.2) is 60.8 Å². The van der Waals surface area contributed by atoms with E-state index in [9.17, 15) is 14.4 Å². The van der Waals surface area contributed by atoms with Crippen LogP contribution in [0.5, 0.6) is 0 Å². The van der Waals surface area contributed by atoms with Gasteiger partial charge in [-0.15, -0.1) is 0 Å². The number of aliphatic hydroxyl groups is 1. The monoisotopic (exact) mass is 733 g/mol. The number of pyridine rings is 1. The van der Waals surface area contributed by atoms with Crippen molar-refractivity contribution in [2.75, 3.05) is 36.9 Å². The lowest BCUT2D eigenvalue weighted by Crippen LogP contribution is -2.32. The van der Waals surface area contributed by atoms with Crippen molar-refractivity contribution >= 4 is 52.4 Å². The summed E-state index contributed by atoms with van der Waals surface area (Å²) in [5, 5.41) is 22.9. The number of fused-ring (bicyclic) bond motifs is 1. The zero-order valence-electron chi connectivity index (χ0n) is 28.5. The van der Waals surface area contributed by atoms with Crippen molar-refractivity contribution in [2.24, 2.45) is 5.92 Å². The molecule has 0 radical (unpaired) electrons. The van der Waals surface area contributed by atoms with Gasteiger partial charge in [-0.2, -0.15) is 5.10 Å². The van der Waals surface area contributed by atoms with E-state index in [1.54, 1.807) is 54.7 Å². The molecule has 0 unspecified atom stereocenters. The molecular weight excluding hydrogens is 693 g/mol. The van der Waals surface area contributed by atoms with Gasteiger partial charge in [-0.05, 0) is 69.5 Å². The Morgan fingerprint density at radius 2 is 1.63 bits per heavy atom. The summed E-state index contributed by atoms with van der Waals surface area (Å²) >= 11 is 13.7. The van der Waals surface area contributed by atoms with Crippen LogP contribution in [0, 0.1) is 5.92 Å². The van der Waals surface area contributed by atoms with Crippen LogP contribution in [0.3, 0.4) is 0 Å². The Labute approximate surface area is 306 Å². The molecule has 4 aromatic rings. The molecular formula is C37H41Cl2N7O5. The lowest BCUT2D eigenvalue weighted by molar-refractivity contribution is -0.152. The summed E-state index contributed by atoms with van der Waals surface area (Å²) in [4.78, 5) is 45.7. The molecule has 2 aliphatic heterocycles. The van der Waals surface area contributed by atoms with Crippen LogP contribution in [0.2, 0.25) is 10.0 Å². The highest BCUT2D eigenvalue weighted by atomic mass is 35.5. The predicted octanol–water partition coefficient (Wildman–Crippen LogP) is 5.95. The zero-order chi connectivity index (χ0) is 36.1. The number of amides is 2. The van der Waals surface area contributed by atoms with E-state index >= 15 is 0 Å². The lowest BCUT2D eigenvalue weighted by Gasteiger charge is -2.31. The van der Waals surface area contributed by atoms with Crippen molar-refractivity contribution < 1.29 is 24.2 Å². The van der Waals surface area contributed by atoms with Gasteiger partial charge in [-0.25, -0.2) is 0 Å². The number of rotatable bonds is 12. The molecule has 2 amide bonds. The van der Waals surface area contributed by atoms with Gasteiger partial charge in [0.25, 0.3) is 11.8 Å². The van der Waals surface area contributed by atoms with Gasteiger partial charge in [0.05, 0.1) is 51.8 Å². The number of likely N-dealkylation sites (tertiary alicyclic amines) is 1. The van der Waals surface area contributed by atoms with Crippen molar-refractivity contribution in [2.45, 2.75) is 58.3 Å². The number of esters is 1. The molecule has 6 rings (SSSR count). The number of hydrogen-bond donors (Lipinski definition) is 4. The van der Waals surface area contributed by atoms with E-state index in [2.05, 4.69) is 30.9 Å². The van der Waals surface area contributed by atoms with E-state index in [-0.39, 0.29) is 52.1 Å². The first kappa shape index (κ1) is 36.5. The first-order valence-electron chi connectivity index (χ1n) is 17.1. The maximum Gasteiger partial charge on any atom is 0.310 e. The van der Waals surface area contributed by atoms with E-state index in [0.717, 1.165) is 37.1 Å². The van der Waals surface area contributed by atoms with E-state index in [1.165, 1.54) is 0 Å². The maximum atomic E-state index is 13.6. The Morgan fingerprint density at radius 3 is 2.25 bits per heavy atom. The number of nitrogens with zero attached hydrogens (tertiary/aromatic N) is 4. The normalized spacial score (nSPS) is 17.3. The summed E-state index contributed by atoms with van der Waals surface area (Å²) < 4.78 is 7.35. The maximum absolute atomic E-state index is 13.6. The second-order valence-electron chi connectivity index (χ2n) is 13.0. The number of ether oxygens (including phenoxy) is 1. The number of halogens is 2. The lowest BCUT2D eigenvalue weighted by atomic mass is 10.0. The van der Waals surface area contributed by atoms with Crippen LogP contribution in [-0.2, 0) is 22.6 Å². The Hall–Kier alpha value is -4.33. The summed E-state index contributed by atoms with van der Waals surface area (Å²) in [6.07, 6.45) is 4.03. The zero-order valence-corrected chi connectivity index (χ0v) is 30.0. The summed E-state index contributed by atoms with van der Waals surface area (Å²) in [6, 6.07) is 15.8. The molecule has 4 heterocycles. The quantitative estimate of drug-likeness (QED) is 0.102. The van der Waals surface area contributed by atoms with Gasteiger partial charge >= 0.3 is 5.97 Å². The van der Waals surface area contributed by atoms with Crippen LogP contribution in [-0.4, -0.2) is 74.9 Å². The van der Waals surface area contributed by atoms with E-state index in [0.29, 0.717) is 48.7 Å². The summed E-state index contributed by atoms with van der Waals surface area (Å²) in [5.41, 5.74) is 4.21. The molecule has 2 aliphatic rings. The Balaban J connectivity index is 1.14. The number of aromatic nitrogens is 3. The molecule has 0 bridgehead atoms. The smallest absolute Gasteiger partial charge is 0.310 e. The van der Waals surface area contributed by atoms with E-state index < -0.39 is 11.8 Å². The standard InChI is InChI=1S/C37H41Cl2N7O5/c1-22(2)51-37(50)24-13-16-45(21-24)31-10-5-15-46-32(31)18-30(44-46)36(49)43-28-9-4-7-26(34(28)39)25-6-3-8-27(33(25)38)42-35(48)29-12-11-23(20-41-29)19-40-14-17-47/h3-4,6-9,11-12,18,20,22,24,31,40,47H,5,10,13-17,19,21H2,1-2H3,(H,42,48)(H,43,49)/t24-,31+/m1/s1. The van der Waals surface area contributed by atoms with Gasteiger partial charge in [-0.1, -0.05) is 53.5 Å². The predicted molar refractivity (Wildman–Crippen MR) is 196 cm³/mol. The summed E-state index contributed by atoms with van der Waals surface area (Å²) in [7, 11) is 0. The van der Waals surface area contributed by atoms with Gasteiger partial charge < -0.3 is 25.8 Å². The van der Waals surface area contributed by atoms with Crippen molar-refractivity contribution in [3.8, 4) is 11.1 Å². The number of benzene rings is 2. The van der Waals surface area contributed by atoms with Crippen LogP contribution >= 0.6 is 23.2 Å². The fourth-order valence-corrected chi connectivity index (χ4v) is 7.10. The largest absolute Gasteiger partial charge is 0.463 e. The molecule has 268 valence electrons. The molecule has 0 saturated carbocycles. The van der Waals surface area contributed by atoms with Crippen molar-refractivity contribution in [1.82, 2.24) is 25.0 Å². The minimum absolute atomic E-state index is 0.0346. The Bertz CT molecular complexity index is 1900. The fraction of sp³-hybridized carbons (Fsp3) is 0.378. The molecule has 14 heteroatoms. The number of anilines is 2. The number of carbonyl (C=O) groups excluding carboxylic acids is 3. The molecule has 0 aliphatic carbocycles. The van der Waals surface area contributed by atoms with Crippen molar-refractivity contribution in [3.63, 3.8) is 0 Å². The fourth-order valence-electron chi connectivity index (χ4n) is 6.55. The average molecular weight is 735 g/mol. The highest BCUT2D eigenvalue weighted by Crippen LogP contribution is 2.41. The van der Waals surface area contributed by atoms with Gasteiger partial charge in [0.1, 0.15) is 5.69 Å². The third-order valence-corrected chi connectivity index (χ3v) is 9.85. The molecule has 0 spiro atoms. The average Bonchev–Trinajstić information content (AvgIpc) is 3.79. The molecule has 2 atom stereocenters. The SMILES string of the molecule is CC(C)OC(=O)[C@@H]1CCN([C@H]2CCCn3nc(C(=O)Nc4cccc(-c5cccc(NC(=O)c6ccc(CNCCO)cn6)c5Cl)c4Cl)cc32)C1. The van der Waals surface area contributed by atoms with E-state index in [1.807, 2.05) is 24.6 Å². The Morgan fingerprint density at radius 1 is 0.941 bits per heavy atom. The molecule has 2 aromatic carbocycles. The van der Waals surface area contributed by atoms with Crippen LogP contribution < -0.4 is 16.0 Å². The highest BCUT2D eigenvalue weighted by molar-refractivity contribution is 6.40. The molecule has 2 aromatic heterocycles. The van der Waals surface area contributed by atoms with Gasteiger partial charge in [0.15, 0.2) is 5.69 Å². The highest BCUT2D eigenvalue weighted by Gasteiger charge is 2.37. The molecule has 1 fully saturated rings. The topological polar surface area (TPSA) is 151 Å². The second-order valence-corrected chi connectivity index (χ2v) is 13.8. The molecule has 12 nitrogen and oxygen atoms in total. The molecule has 4 N–H and O–H groups in total. The number of aryl methyl sites for hydroxylation is 1. The third kappa shape index (κ3) is 8.43. The molecule has 1 saturated heterocycles. The van der Waals surface area contributed by atoms with Crippen molar-refractivity contribution in [3.05, 3.63) is 93.5 Å². The Kier molecular flexibility index (Phi) is 11.7. The minimum atomic E-state index is -0.431. The first-order chi connectivity index (χ1) is 24.6. The number of hydrogen-bond acceptors (Lipinski definition) is 9. The third-order valence-electron chi connectivity index (χ3n) is 9.04. The van der Waals surface area contributed by atoms with E-state index in [4.69, 9.17) is 33.0 Å². The first-order valence-corrected chi connectivity index (χ1v) is 17.9. The molecule has 51 heavy (non-hydrogen) atoms. The van der Waals surface area contributed by atoms with Crippen LogP contribution in [0.25, 0.3) is 11.1 Å². The van der Waals surface area contributed by atoms with Crippen LogP contribution in [0.4, 0.5) is 11.4 Å². The van der Waals surface area contributed by atoms with Crippen LogP contribution in [0.1, 0.15) is 71.4 Å². The van der Waals surface area contributed by atoms with Gasteiger partial charge in [0, 0.05) is 43.5 Å².